The molecule has 6 nitrogen and oxygen atoms in total. The Morgan fingerprint density at radius 3 is 2.76 bits per heavy atom. The average molecular weight is 344 g/mol. The van der Waals surface area contributed by atoms with Crippen LogP contribution in [0.3, 0.4) is 0 Å². The number of aromatic nitrogens is 2. The molecular formula is C19H28N4O2. The van der Waals surface area contributed by atoms with Crippen LogP contribution in [0.2, 0.25) is 0 Å². The van der Waals surface area contributed by atoms with Crippen molar-refractivity contribution in [1.29, 1.82) is 0 Å². The highest BCUT2D eigenvalue weighted by Crippen LogP contribution is 2.33. The van der Waals surface area contributed by atoms with Gasteiger partial charge in [0.05, 0.1) is 23.5 Å². The first-order chi connectivity index (χ1) is 12.1. The maximum absolute atomic E-state index is 12.7. The summed E-state index contributed by atoms with van der Waals surface area (Å²) in [5, 5.41) is 10.2. The van der Waals surface area contributed by atoms with Crippen molar-refractivity contribution >= 4 is 5.91 Å². The van der Waals surface area contributed by atoms with E-state index in [1.807, 2.05) is 33.2 Å². The lowest BCUT2D eigenvalue weighted by atomic mass is 9.85. The predicted molar refractivity (Wildman–Crippen MR) is 96.6 cm³/mol. The van der Waals surface area contributed by atoms with Gasteiger partial charge in [-0.3, -0.25) is 14.8 Å². The number of carbonyl (C=O) groups is 1. The Hall–Kier alpha value is -2.08. The van der Waals surface area contributed by atoms with Gasteiger partial charge in [0.25, 0.3) is 5.91 Å². The number of hydrogen-bond donors (Lipinski definition) is 2. The molecule has 0 aliphatic heterocycles. The van der Waals surface area contributed by atoms with Crippen LogP contribution in [-0.2, 0) is 0 Å². The molecule has 1 aliphatic rings. The van der Waals surface area contributed by atoms with Gasteiger partial charge >= 0.3 is 0 Å². The van der Waals surface area contributed by atoms with Crippen LogP contribution in [0.1, 0.15) is 71.6 Å². The van der Waals surface area contributed by atoms with Gasteiger partial charge in [-0.2, -0.15) is 5.10 Å². The van der Waals surface area contributed by atoms with Crippen LogP contribution in [0.25, 0.3) is 0 Å². The van der Waals surface area contributed by atoms with Crippen LogP contribution in [0.15, 0.2) is 22.7 Å². The standard InChI is InChI=1S/C19H28N4O2/c1-13-9-10-17(25-13)16(23(2)3)12-20-19(24)15-11-21-22-18(15)14-7-5-4-6-8-14/h9-11,14,16H,4-8,12H2,1-3H3,(H,20,24)(H,21,22)/t16-/m0/s1. The van der Waals surface area contributed by atoms with E-state index in [0.29, 0.717) is 18.0 Å². The lowest BCUT2D eigenvalue weighted by molar-refractivity contribution is 0.0937. The SMILES string of the molecule is Cc1ccc([C@H](CNC(=O)c2cn[nH]c2C2CCCCC2)N(C)C)o1. The molecule has 3 rings (SSSR count). The fraction of sp³-hybridized carbons (Fsp3) is 0.579. The van der Waals surface area contributed by atoms with Crippen LogP contribution in [-0.4, -0.2) is 41.6 Å². The molecule has 2 aromatic heterocycles. The maximum atomic E-state index is 12.7. The second kappa shape index (κ2) is 7.87. The number of H-pyrrole nitrogens is 1. The van der Waals surface area contributed by atoms with Crippen molar-refractivity contribution in [2.75, 3.05) is 20.6 Å². The Bertz CT molecular complexity index is 698. The molecule has 0 unspecified atom stereocenters. The van der Waals surface area contributed by atoms with Gasteiger partial charge in [-0.15, -0.1) is 0 Å². The van der Waals surface area contributed by atoms with Crippen LogP contribution in [0, 0.1) is 6.92 Å². The number of amides is 1. The molecule has 1 amide bonds. The van der Waals surface area contributed by atoms with Gasteiger partial charge in [0.2, 0.25) is 0 Å². The quantitative estimate of drug-likeness (QED) is 0.842. The summed E-state index contributed by atoms with van der Waals surface area (Å²) in [7, 11) is 3.97. The van der Waals surface area contributed by atoms with E-state index in [0.717, 1.165) is 30.1 Å². The molecule has 2 heterocycles. The summed E-state index contributed by atoms with van der Waals surface area (Å²) in [6.45, 7) is 2.42. The lowest BCUT2D eigenvalue weighted by Gasteiger charge is -2.23. The van der Waals surface area contributed by atoms with E-state index in [9.17, 15) is 4.79 Å². The average Bonchev–Trinajstić information content (AvgIpc) is 3.24. The first-order valence-corrected chi connectivity index (χ1v) is 9.10. The Morgan fingerprint density at radius 1 is 1.36 bits per heavy atom. The minimum absolute atomic E-state index is 0.00248. The molecule has 25 heavy (non-hydrogen) atoms. The van der Waals surface area contributed by atoms with Crippen molar-refractivity contribution in [2.45, 2.75) is 51.0 Å². The Morgan fingerprint density at radius 2 is 2.12 bits per heavy atom. The minimum atomic E-state index is -0.0653. The molecule has 0 bridgehead atoms. The van der Waals surface area contributed by atoms with E-state index in [1.54, 1.807) is 6.20 Å². The number of carbonyl (C=O) groups excluding carboxylic acids is 1. The van der Waals surface area contributed by atoms with Gasteiger partial charge in [-0.05, 0) is 46.0 Å². The van der Waals surface area contributed by atoms with Crippen LogP contribution in [0.4, 0.5) is 0 Å². The molecular weight excluding hydrogens is 316 g/mol. The minimum Gasteiger partial charge on any atom is -0.465 e. The maximum Gasteiger partial charge on any atom is 0.254 e. The highest BCUT2D eigenvalue weighted by molar-refractivity contribution is 5.95. The first kappa shape index (κ1) is 17.7. The second-order valence-electron chi connectivity index (χ2n) is 7.17. The van der Waals surface area contributed by atoms with Crippen molar-refractivity contribution in [3.8, 4) is 0 Å². The number of rotatable bonds is 6. The van der Waals surface area contributed by atoms with E-state index < -0.39 is 0 Å². The summed E-state index contributed by atoms with van der Waals surface area (Å²) < 4.78 is 5.74. The van der Waals surface area contributed by atoms with Crippen molar-refractivity contribution in [3.63, 3.8) is 0 Å². The molecule has 0 radical (unpaired) electrons. The molecule has 1 fully saturated rings. The fourth-order valence-electron chi connectivity index (χ4n) is 3.63. The van der Waals surface area contributed by atoms with E-state index in [4.69, 9.17) is 4.42 Å². The number of aromatic amines is 1. The fourth-order valence-corrected chi connectivity index (χ4v) is 3.63. The summed E-state index contributed by atoms with van der Waals surface area (Å²) in [5.74, 6) is 2.10. The number of likely N-dealkylation sites (N-methyl/N-ethyl adjacent to an activating group) is 1. The van der Waals surface area contributed by atoms with Crippen LogP contribution >= 0.6 is 0 Å². The first-order valence-electron chi connectivity index (χ1n) is 9.10. The van der Waals surface area contributed by atoms with Gasteiger partial charge in [0, 0.05) is 12.5 Å². The summed E-state index contributed by atoms with van der Waals surface area (Å²) in [5.41, 5.74) is 1.67. The lowest BCUT2D eigenvalue weighted by Crippen LogP contribution is -2.34. The highest BCUT2D eigenvalue weighted by Gasteiger charge is 2.25. The third-order valence-electron chi connectivity index (χ3n) is 5.10. The summed E-state index contributed by atoms with van der Waals surface area (Å²) >= 11 is 0. The Balaban J connectivity index is 1.67. The van der Waals surface area contributed by atoms with Crippen molar-refractivity contribution in [1.82, 2.24) is 20.4 Å². The van der Waals surface area contributed by atoms with E-state index in [2.05, 4.69) is 20.4 Å². The number of furan rings is 1. The Kier molecular flexibility index (Phi) is 5.58. The van der Waals surface area contributed by atoms with Crippen LogP contribution < -0.4 is 5.32 Å². The van der Waals surface area contributed by atoms with Gasteiger partial charge in [-0.25, -0.2) is 0 Å². The van der Waals surface area contributed by atoms with Gasteiger partial charge in [-0.1, -0.05) is 19.3 Å². The third kappa shape index (κ3) is 4.12. The van der Waals surface area contributed by atoms with Gasteiger partial charge in [0.15, 0.2) is 0 Å². The van der Waals surface area contributed by atoms with E-state index in [-0.39, 0.29) is 11.9 Å². The zero-order valence-corrected chi connectivity index (χ0v) is 15.3. The van der Waals surface area contributed by atoms with Crippen molar-refractivity contribution < 1.29 is 9.21 Å². The smallest absolute Gasteiger partial charge is 0.254 e. The third-order valence-corrected chi connectivity index (χ3v) is 5.10. The molecule has 2 aromatic rings. The number of nitrogens with zero attached hydrogens (tertiary/aromatic N) is 2. The zero-order valence-electron chi connectivity index (χ0n) is 15.3. The van der Waals surface area contributed by atoms with Gasteiger partial charge < -0.3 is 9.73 Å². The molecule has 1 atom stereocenters. The molecule has 1 aliphatic carbocycles. The van der Waals surface area contributed by atoms with E-state index in [1.165, 1.54) is 19.3 Å². The topological polar surface area (TPSA) is 74.2 Å². The summed E-state index contributed by atoms with van der Waals surface area (Å²) in [4.78, 5) is 14.8. The second-order valence-corrected chi connectivity index (χ2v) is 7.17. The Labute approximate surface area is 149 Å². The predicted octanol–water partition coefficient (Wildman–Crippen LogP) is 3.39. The van der Waals surface area contributed by atoms with Crippen LogP contribution in [0.5, 0.6) is 0 Å². The largest absolute Gasteiger partial charge is 0.465 e. The molecule has 1 saturated carbocycles. The number of hydrogen-bond acceptors (Lipinski definition) is 4. The monoisotopic (exact) mass is 344 g/mol. The molecule has 136 valence electrons. The molecule has 0 saturated heterocycles. The number of aryl methyl sites for hydroxylation is 1. The normalized spacial score (nSPS) is 17.0. The van der Waals surface area contributed by atoms with Crippen molar-refractivity contribution in [3.05, 3.63) is 41.1 Å². The molecule has 0 spiro atoms. The van der Waals surface area contributed by atoms with Gasteiger partial charge in [0.1, 0.15) is 11.5 Å². The zero-order chi connectivity index (χ0) is 17.8. The highest BCUT2D eigenvalue weighted by atomic mass is 16.3. The molecule has 0 aromatic carbocycles. The van der Waals surface area contributed by atoms with E-state index >= 15 is 0 Å². The summed E-state index contributed by atoms with van der Waals surface area (Å²) in [6, 6.07) is 3.92. The summed E-state index contributed by atoms with van der Waals surface area (Å²) in [6.07, 6.45) is 7.67. The molecule has 6 heteroatoms. The van der Waals surface area contributed by atoms with Crippen molar-refractivity contribution in [2.24, 2.45) is 0 Å². The molecule has 2 N–H and O–H groups in total. The number of nitrogens with one attached hydrogen (secondary N) is 2.